The average molecular weight is 274 g/mol. The van der Waals surface area contributed by atoms with Crippen molar-refractivity contribution in [1.29, 1.82) is 0 Å². The Balaban J connectivity index is 2.63. The Morgan fingerprint density at radius 2 is 2.15 bits per heavy atom. The van der Waals surface area contributed by atoms with Crippen LogP contribution >= 0.6 is 0 Å². The summed E-state index contributed by atoms with van der Waals surface area (Å²) in [4.78, 5) is 17.6. The molecule has 1 unspecified atom stereocenters. The first kappa shape index (κ1) is 14.3. The van der Waals surface area contributed by atoms with E-state index in [1.54, 1.807) is 7.11 Å². The number of aromatic carboxylic acids is 1. The summed E-state index contributed by atoms with van der Waals surface area (Å²) in [5.41, 5.74) is 1.66. The summed E-state index contributed by atoms with van der Waals surface area (Å²) in [5, 5.41) is 10.2. The molecular formula is C15H18N2O3. The Labute approximate surface area is 117 Å². The summed E-state index contributed by atoms with van der Waals surface area (Å²) in [6.07, 6.45) is 1.41. The van der Waals surface area contributed by atoms with Gasteiger partial charge in [0.15, 0.2) is 0 Å². The average Bonchev–Trinajstić information content (AvgIpc) is 2.45. The molecule has 1 N–H and O–H groups in total. The second kappa shape index (κ2) is 5.88. The SMILES string of the molecule is COCC(C)N(C)c1c(C(=O)O)cnc2ccccc12. The number of fused-ring (bicyclic) bond motifs is 1. The monoisotopic (exact) mass is 274 g/mol. The van der Waals surface area contributed by atoms with E-state index < -0.39 is 5.97 Å². The van der Waals surface area contributed by atoms with E-state index in [2.05, 4.69) is 4.98 Å². The van der Waals surface area contributed by atoms with Crippen molar-refractivity contribution in [1.82, 2.24) is 4.98 Å². The van der Waals surface area contributed by atoms with Crippen molar-refractivity contribution >= 4 is 22.6 Å². The zero-order valence-corrected chi connectivity index (χ0v) is 11.8. The minimum atomic E-state index is -0.977. The minimum Gasteiger partial charge on any atom is -0.478 e. The fourth-order valence-corrected chi connectivity index (χ4v) is 2.24. The van der Waals surface area contributed by atoms with Crippen molar-refractivity contribution < 1.29 is 14.6 Å². The molecule has 0 aliphatic heterocycles. The van der Waals surface area contributed by atoms with Crippen molar-refractivity contribution in [3.63, 3.8) is 0 Å². The van der Waals surface area contributed by atoms with Crippen LogP contribution in [0.5, 0.6) is 0 Å². The Morgan fingerprint density at radius 3 is 2.80 bits per heavy atom. The third-order valence-corrected chi connectivity index (χ3v) is 3.40. The highest BCUT2D eigenvalue weighted by Crippen LogP contribution is 2.30. The van der Waals surface area contributed by atoms with E-state index in [9.17, 15) is 9.90 Å². The number of carbonyl (C=O) groups is 1. The molecule has 5 nitrogen and oxygen atoms in total. The quantitative estimate of drug-likeness (QED) is 0.907. The number of nitrogens with zero attached hydrogens (tertiary/aromatic N) is 2. The Hall–Kier alpha value is -2.14. The van der Waals surface area contributed by atoms with Gasteiger partial charge in [-0.1, -0.05) is 18.2 Å². The predicted octanol–water partition coefficient (Wildman–Crippen LogP) is 2.40. The van der Waals surface area contributed by atoms with Crippen molar-refractivity contribution in [2.24, 2.45) is 0 Å². The van der Waals surface area contributed by atoms with Gasteiger partial charge in [-0.15, -0.1) is 0 Å². The van der Waals surface area contributed by atoms with Crippen molar-refractivity contribution in [2.75, 3.05) is 25.7 Å². The van der Waals surface area contributed by atoms with Crippen LogP contribution in [-0.2, 0) is 4.74 Å². The molecule has 1 atom stereocenters. The van der Waals surface area contributed by atoms with Crippen LogP contribution in [0, 0.1) is 0 Å². The maximum absolute atomic E-state index is 11.5. The fraction of sp³-hybridized carbons (Fsp3) is 0.333. The molecule has 0 spiro atoms. The Bertz CT molecular complexity index is 628. The van der Waals surface area contributed by atoms with Gasteiger partial charge in [-0.05, 0) is 13.0 Å². The lowest BCUT2D eigenvalue weighted by Crippen LogP contribution is -2.34. The van der Waals surface area contributed by atoms with Crippen LogP contribution in [0.15, 0.2) is 30.5 Å². The Morgan fingerprint density at radius 1 is 1.45 bits per heavy atom. The number of aromatic nitrogens is 1. The predicted molar refractivity (Wildman–Crippen MR) is 78.4 cm³/mol. The third-order valence-electron chi connectivity index (χ3n) is 3.40. The lowest BCUT2D eigenvalue weighted by molar-refractivity contribution is 0.0697. The smallest absolute Gasteiger partial charge is 0.339 e. The molecule has 0 radical (unpaired) electrons. The van der Waals surface area contributed by atoms with Crippen LogP contribution in [0.2, 0.25) is 0 Å². The number of hydrogen-bond acceptors (Lipinski definition) is 4. The van der Waals surface area contributed by atoms with E-state index in [0.717, 1.165) is 10.9 Å². The number of methoxy groups -OCH3 is 1. The molecule has 0 saturated heterocycles. The third kappa shape index (κ3) is 2.58. The minimum absolute atomic E-state index is 0.0592. The van der Waals surface area contributed by atoms with Crippen LogP contribution < -0.4 is 4.90 Å². The van der Waals surface area contributed by atoms with Crippen LogP contribution in [0.25, 0.3) is 10.9 Å². The molecule has 2 rings (SSSR count). The summed E-state index contributed by atoms with van der Waals surface area (Å²) in [6, 6.07) is 7.59. The van der Waals surface area contributed by atoms with Gasteiger partial charge in [-0.3, -0.25) is 4.98 Å². The van der Waals surface area contributed by atoms with Crippen LogP contribution in [-0.4, -0.2) is 42.9 Å². The van der Waals surface area contributed by atoms with Crippen molar-refractivity contribution in [2.45, 2.75) is 13.0 Å². The van der Waals surface area contributed by atoms with E-state index in [1.165, 1.54) is 6.20 Å². The highest BCUT2D eigenvalue weighted by Gasteiger charge is 2.20. The number of pyridine rings is 1. The second-order valence-corrected chi connectivity index (χ2v) is 4.76. The second-order valence-electron chi connectivity index (χ2n) is 4.76. The van der Waals surface area contributed by atoms with Crippen LogP contribution in [0.4, 0.5) is 5.69 Å². The number of anilines is 1. The number of para-hydroxylation sites is 1. The van der Waals surface area contributed by atoms with Gasteiger partial charge in [0.25, 0.3) is 0 Å². The summed E-state index contributed by atoms with van der Waals surface area (Å²) < 4.78 is 5.15. The van der Waals surface area contributed by atoms with Crippen LogP contribution in [0.1, 0.15) is 17.3 Å². The number of carboxylic acid groups (broad SMARTS) is 1. The standard InChI is InChI=1S/C15H18N2O3/c1-10(9-20-3)17(2)14-11-6-4-5-7-13(11)16-8-12(14)15(18)19/h4-8,10H,9H2,1-3H3,(H,18,19). The Kier molecular flexibility index (Phi) is 4.20. The van der Waals surface area contributed by atoms with Gasteiger partial charge >= 0.3 is 5.97 Å². The maximum atomic E-state index is 11.5. The molecule has 0 bridgehead atoms. The molecule has 0 aliphatic rings. The molecule has 1 aromatic heterocycles. The highest BCUT2D eigenvalue weighted by atomic mass is 16.5. The van der Waals surface area contributed by atoms with E-state index in [1.807, 2.05) is 43.1 Å². The van der Waals surface area contributed by atoms with Gasteiger partial charge in [0, 0.05) is 31.8 Å². The molecular weight excluding hydrogens is 256 g/mol. The normalized spacial score (nSPS) is 12.3. The van der Waals surface area contributed by atoms with Crippen molar-refractivity contribution in [3.8, 4) is 0 Å². The zero-order valence-electron chi connectivity index (χ0n) is 11.8. The molecule has 0 aliphatic carbocycles. The summed E-state index contributed by atoms with van der Waals surface area (Å²) in [6.45, 7) is 2.51. The van der Waals surface area contributed by atoms with Gasteiger partial charge in [0.1, 0.15) is 5.56 Å². The lowest BCUT2D eigenvalue weighted by atomic mass is 10.1. The fourth-order valence-electron chi connectivity index (χ4n) is 2.24. The van der Waals surface area contributed by atoms with E-state index in [4.69, 9.17) is 4.74 Å². The molecule has 0 amide bonds. The number of carboxylic acids is 1. The number of rotatable bonds is 5. The summed E-state index contributed by atoms with van der Waals surface area (Å²) in [5.74, 6) is -0.977. The van der Waals surface area contributed by atoms with Gasteiger partial charge in [-0.2, -0.15) is 0 Å². The highest BCUT2D eigenvalue weighted by molar-refractivity contribution is 6.04. The summed E-state index contributed by atoms with van der Waals surface area (Å²) >= 11 is 0. The lowest BCUT2D eigenvalue weighted by Gasteiger charge is -2.28. The van der Waals surface area contributed by atoms with E-state index >= 15 is 0 Å². The topological polar surface area (TPSA) is 62.7 Å². The van der Waals surface area contributed by atoms with Crippen LogP contribution in [0.3, 0.4) is 0 Å². The maximum Gasteiger partial charge on any atom is 0.339 e. The molecule has 1 aromatic carbocycles. The number of likely N-dealkylation sites (N-methyl/N-ethyl adjacent to an activating group) is 1. The summed E-state index contributed by atoms with van der Waals surface area (Å²) in [7, 11) is 3.50. The first-order chi connectivity index (χ1) is 9.56. The zero-order chi connectivity index (χ0) is 14.7. The largest absolute Gasteiger partial charge is 0.478 e. The molecule has 0 fully saturated rings. The van der Waals surface area contributed by atoms with Gasteiger partial charge in [0.05, 0.1) is 17.8 Å². The van der Waals surface area contributed by atoms with Gasteiger partial charge in [-0.25, -0.2) is 4.79 Å². The molecule has 5 heteroatoms. The van der Waals surface area contributed by atoms with E-state index in [-0.39, 0.29) is 11.6 Å². The number of hydrogen-bond donors (Lipinski definition) is 1. The molecule has 20 heavy (non-hydrogen) atoms. The number of ether oxygens (including phenoxy) is 1. The molecule has 106 valence electrons. The van der Waals surface area contributed by atoms with Gasteiger partial charge in [0.2, 0.25) is 0 Å². The molecule has 2 aromatic rings. The first-order valence-corrected chi connectivity index (χ1v) is 6.39. The van der Waals surface area contributed by atoms with E-state index in [0.29, 0.717) is 12.3 Å². The molecule has 0 saturated carbocycles. The molecule has 1 heterocycles. The van der Waals surface area contributed by atoms with Gasteiger partial charge < -0.3 is 14.7 Å². The first-order valence-electron chi connectivity index (χ1n) is 6.39. The van der Waals surface area contributed by atoms with Crippen molar-refractivity contribution in [3.05, 3.63) is 36.0 Å². The number of benzene rings is 1.